The molecule has 2 aliphatic rings. The smallest absolute Gasteiger partial charge is 0.247 e. The van der Waals surface area contributed by atoms with Crippen LogP contribution in [0, 0.1) is 6.92 Å². The van der Waals surface area contributed by atoms with Gasteiger partial charge in [0.1, 0.15) is 12.1 Å². The Morgan fingerprint density at radius 1 is 1.23 bits per heavy atom. The van der Waals surface area contributed by atoms with Gasteiger partial charge < -0.3 is 9.80 Å². The molecule has 1 aromatic heterocycles. The van der Waals surface area contributed by atoms with Crippen LogP contribution in [0.5, 0.6) is 0 Å². The van der Waals surface area contributed by atoms with Crippen LogP contribution >= 0.6 is 0 Å². The number of amides is 2. The standard InChI is InChI=1S/C16H22N4O2/c1-11-5-4-6-13(17-11)9-19-7-8-20-14(10-19)16(22)18(3)12(2)15(20)21/h4-6,12,14H,7-10H2,1-3H3/t12-,14+/m0/s1. The molecule has 0 saturated carbocycles. The predicted octanol–water partition coefficient (Wildman–Crippen LogP) is 0.263. The minimum Gasteiger partial charge on any atom is -0.332 e. The Morgan fingerprint density at radius 3 is 2.73 bits per heavy atom. The molecule has 0 aromatic carbocycles. The summed E-state index contributed by atoms with van der Waals surface area (Å²) in [6, 6.07) is 5.27. The minimum absolute atomic E-state index is 0.0361. The number of hydrogen-bond acceptors (Lipinski definition) is 4. The Labute approximate surface area is 130 Å². The molecule has 0 N–H and O–H groups in total. The minimum atomic E-state index is -0.354. The summed E-state index contributed by atoms with van der Waals surface area (Å²) < 4.78 is 0. The van der Waals surface area contributed by atoms with Crippen molar-refractivity contribution in [1.82, 2.24) is 19.7 Å². The maximum Gasteiger partial charge on any atom is 0.247 e. The average Bonchev–Trinajstić information content (AvgIpc) is 2.51. The summed E-state index contributed by atoms with van der Waals surface area (Å²) in [5.74, 6) is 0.0921. The Balaban J connectivity index is 1.72. The molecule has 2 amide bonds. The number of carbonyl (C=O) groups is 2. The molecule has 0 spiro atoms. The van der Waals surface area contributed by atoms with Gasteiger partial charge in [0.2, 0.25) is 11.8 Å². The van der Waals surface area contributed by atoms with Gasteiger partial charge in [-0.25, -0.2) is 0 Å². The lowest BCUT2D eigenvalue weighted by Gasteiger charge is -2.47. The number of fused-ring (bicyclic) bond motifs is 1. The lowest BCUT2D eigenvalue weighted by molar-refractivity contribution is -0.163. The number of likely N-dealkylation sites (N-methyl/N-ethyl adjacent to an activating group) is 1. The molecule has 0 radical (unpaired) electrons. The van der Waals surface area contributed by atoms with E-state index in [0.29, 0.717) is 19.6 Å². The first-order chi connectivity index (χ1) is 10.5. The summed E-state index contributed by atoms with van der Waals surface area (Å²) in [5, 5.41) is 0. The van der Waals surface area contributed by atoms with E-state index in [4.69, 9.17) is 0 Å². The normalized spacial score (nSPS) is 26.3. The van der Waals surface area contributed by atoms with E-state index in [9.17, 15) is 9.59 Å². The number of rotatable bonds is 2. The maximum absolute atomic E-state index is 12.5. The van der Waals surface area contributed by atoms with E-state index in [1.807, 2.05) is 25.1 Å². The van der Waals surface area contributed by atoms with Crippen LogP contribution in [0.3, 0.4) is 0 Å². The first-order valence-corrected chi connectivity index (χ1v) is 7.69. The van der Waals surface area contributed by atoms with Crippen molar-refractivity contribution >= 4 is 11.8 Å². The number of aryl methyl sites for hydroxylation is 1. The lowest BCUT2D eigenvalue weighted by Crippen LogP contribution is -2.68. The van der Waals surface area contributed by atoms with Crippen LogP contribution in [-0.2, 0) is 16.1 Å². The molecule has 0 aliphatic carbocycles. The van der Waals surface area contributed by atoms with Crippen molar-refractivity contribution in [3.63, 3.8) is 0 Å². The van der Waals surface area contributed by atoms with Gasteiger partial charge in [-0.3, -0.25) is 19.5 Å². The highest BCUT2D eigenvalue weighted by Crippen LogP contribution is 2.21. The SMILES string of the molecule is Cc1cccc(CN2CCN3C(=O)[C@H](C)N(C)C(=O)[C@H]3C2)n1. The van der Waals surface area contributed by atoms with Crippen LogP contribution in [0.2, 0.25) is 0 Å². The molecule has 2 aliphatic heterocycles. The van der Waals surface area contributed by atoms with Gasteiger partial charge in [-0.15, -0.1) is 0 Å². The van der Waals surface area contributed by atoms with Crippen LogP contribution < -0.4 is 0 Å². The van der Waals surface area contributed by atoms with Gasteiger partial charge in [0.05, 0.1) is 5.69 Å². The zero-order valence-corrected chi connectivity index (χ0v) is 13.3. The molecular formula is C16H22N4O2. The number of pyridine rings is 1. The quantitative estimate of drug-likeness (QED) is 0.786. The fourth-order valence-electron chi connectivity index (χ4n) is 3.21. The predicted molar refractivity (Wildman–Crippen MR) is 82.0 cm³/mol. The summed E-state index contributed by atoms with van der Waals surface area (Å²) in [7, 11) is 1.71. The van der Waals surface area contributed by atoms with Gasteiger partial charge in [-0.05, 0) is 26.0 Å². The molecule has 3 heterocycles. The summed E-state index contributed by atoms with van der Waals surface area (Å²) in [4.78, 5) is 34.8. The Morgan fingerprint density at radius 2 is 2.00 bits per heavy atom. The molecule has 3 rings (SSSR count). The van der Waals surface area contributed by atoms with E-state index in [1.54, 1.807) is 23.8 Å². The van der Waals surface area contributed by atoms with Gasteiger partial charge in [0.25, 0.3) is 0 Å². The molecule has 2 atom stereocenters. The summed E-state index contributed by atoms with van der Waals surface area (Å²) >= 11 is 0. The van der Waals surface area contributed by atoms with Crippen LogP contribution in [0.4, 0.5) is 0 Å². The van der Waals surface area contributed by atoms with E-state index in [1.165, 1.54) is 0 Å². The summed E-state index contributed by atoms with van der Waals surface area (Å²) in [6.07, 6.45) is 0. The summed E-state index contributed by atoms with van der Waals surface area (Å²) in [6.45, 7) is 6.45. The fourth-order valence-corrected chi connectivity index (χ4v) is 3.21. The van der Waals surface area contributed by atoms with E-state index in [2.05, 4.69) is 9.88 Å². The van der Waals surface area contributed by atoms with Crippen molar-refractivity contribution in [1.29, 1.82) is 0 Å². The Bertz CT molecular complexity index is 604. The number of carbonyl (C=O) groups excluding carboxylic acids is 2. The van der Waals surface area contributed by atoms with E-state index >= 15 is 0 Å². The molecule has 6 nitrogen and oxygen atoms in total. The van der Waals surface area contributed by atoms with E-state index in [0.717, 1.165) is 17.9 Å². The second kappa shape index (κ2) is 5.68. The molecule has 1 aromatic rings. The fraction of sp³-hybridized carbons (Fsp3) is 0.562. The lowest BCUT2D eigenvalue weighted by atomic mass is 10.0. The number of hydrogen-bond donors (Lipinski definition) is 0. The van der Waals surface area contributed by atoms with Crippen molar-refractivity contribution in [3.05, 3.63) is 29.6 Å². The number of aromatic nitrogens is 1. The van der Waals surface area contributed by atoms with Crippen LogP contribution in [0.15, 0.2) is 18.2 Å². The molecule has 118 valence electrons. The van der Waals surface area contributed by atoms with Crippen LogP contribution in [0.1, 0.15) is 18.3 Å². The van der Waals surface area contributed by atoms with Gasteiger partial charge in [0, 0.05) is 38.9 Å². The van der Waals surface area contributed by atoms with Gasteiger partial charge >= 0.3 is 0 Å². The van der Waals surface area contributed by atoms with Crippen molar-refractivity contribution in [2.24, 2.45) is 0 Å². The number of piperazine rings is 2. The second-order valence-electron chi connectivity index (χ2n) is 6.18. The van der Waals surface area contributed by atoms with Gasteiger partial charge in [0.15, 0.2) is 0 Å². The topological polar surface area (TPSA) is 56.8 Å². The van der Waals surface area contributed by atoms with Crippen molar-refractivity contribution < 1.29 is 9.59 Å². The average molecular weight is 302 g/mol. The van der Waals surface area contributed by atoms with Crippen molar-refractivity contribution in [2.75, 3.05) is 26.7 Å². The van der Waals surface area contributed by atoms with Crippen LogP contribution in [0.25, 0.3) is 0 Å². The van der Waals surface area contributed by atoms with Crippen molar-refractivity contribution in [3.8, 4) is 0 Å². The second-order valence-corrected chi connectivity index (χ2v) is 6.18. The first kappa shape index (κ1) is 15.0. The molecule has 6 heteroatoms. The Hall–Kier alpha value is -1.95. The third-order valence-corrected chi connectivity index (χ3v) is 4.65. The molecule has 0 unspecified atom stereocenters. The van der Waals surface area contributed by atoms with E-state index < -0.39 is 0 Å². The van der Waals surface area contributed by atoms with Gasteiger partial charge in [-0.2, -0.15) is 0 Å². The first-order valence-electron chi connectivity index (χ1n) is 7.69. The monoisotopic (exact) mass is 302 g/mol. The molecule has 22 heavy (non-hydrogen) atoms. The maximum atomic E-state index is 12.5. The van der Waals surface area contributed by atoms with Gasteiger partial charge in [-0.1, -0.05) is 6.07 Å². The highest BCUT2D eigenvalue weighted by molar-refractivity contribution is 5.96. The molecule has 2 saturated heterocycles. The summed E-state index contributed by atoms with van der Waals surface area (Å²) in [5.41, 5.74) is 2.00. The van der Waals surface area contributed by atoms with Crippen LogP contribution in [-0.4, -0.2) is 70.3 Å². The molecular weight excluding hydrogens is 280 g/mol. The zero-order valence-electron chi connectivity index (χ0n) is 13.3. The highest BCUT2D eigenvalue weighted by atomic mass is 16.2. The largest absolute Gasteiger partial charge is 0.332 e. The van der Waals surface area contributed by atoms with E-state index in [-0.39, 0.29) is 23.9 Å². The molecule has 2 fully saturated rings. The number of nitrogens with zero attached hydrogens (tertiary/aromatic N) is 4. The highest BCUT2D eigenvalue weighted by Gasteiger charge is 2.44. The molecule has 0 bridgehead atoms. The Kier molecular flexibility index (Phi) is 3.87. The van der Waals surface area contributed by atoms with Crippen molar-refractivity contribution in [2.45, 2.75) is 32.5 Å². The third-order valence-electron chi connectivity index (χ3n) is 4.65. The zero-order chi connectivity index (χ0) is 15.9. The third kappa shape index (κ3) is 2.59.